The Hall–Kier alpha value is -5.25. The molecule has 0 saturated heterocycles. The van der Waals surface area contributed by atoms with E-state index in [4.69, 9.17) is 4.84 Å². The van der Waals surface area contributed by atoms with E-state index in [-0.39, 0.29) is 12.4 Å². The summed E-state index contributed by atoms with van der Waals surface area (Å²) in [5, 5.41) is 31.4. The Morgan fingerprint density at radius 1 is 0.878 bits per heavy atom. The quantitative estimate of drug-likeness (QED) is 0.0891. The van der Waals surface area contributed by atoms with Crippen LogP contribution in [-0.4, -0.2) is 5.11 Å². The van der Waals surface area contributed by atoms with Gasteiger partial charge in [-0.25, -0.2) is 0 Å². The molecule has 6 nitrogen and oxygen atoms in total. The average molecular weight is 539 g/mol. The highest BCUT2D eigenvalue weighted by Crippen LogP contribution is 2.39. The predicted octanol–water partition coefficient (Wildman–Crippen LogP) is 9.49. The average Bonchev–Trinajstić information content (AvgIpc) is 2.98. The Morgan fingerprint density at radius 2 is 1.61 bits per heavy atom. The molecule has 0 radical (unpaired) electrons. The first kappa shape index (κ1) is 27.3. The summed E-state index contributed by atoms with van der Waals surface area (Å²) in [4.78, 5) is 5.76. The minimum atomic E-state index is 0.0196. The molecule has 5 rings (SSSR count). The predicted molar refractivity (Wildman–Crippen MR) is 165 cm³/mol. The van der Waals surface area contributed by atoms with Gasteiger partial charge in [0.15, 0.2) is 0 Å². The summed E-state index contributed by atoms with van der Waals surface area (Å²) in [5.41, 5.74) is 11.2. The van der Waals surface area contributed by atoms with Crippen molar-refractivity contribution in [2.24, 2.45) is 10.2 Å². The van der Waals surface area contributed by atoms with Gasteiger partial charge in [-0.15, -0.1) is 5.11 Å². The van der Waals surface area contributed by atoms with Crippen LogP contribution < -0.4 is 5.48 Å². The van der Waals surface area contributed by atoms with Gasteiger partial charge in [0.2, 0.25) is 0 Å². The van der Waals surface area contributed by atoms with Gasteiger partial charge in [-0.2, -0.15) is 10.4 Å². The summed E-state index contributed by atoms with van der Waals surface area (Å²) < 4.78 is 0. The lowest BCUT2D eigenvalue weighted by Gasteiger charge is -2.13. The maximum Gasteiger partial charge on any atom is 0.149 e. The molecule has 5 aromatic carbocycles. The van der Waals surface area contributed by atoms with E-state index in [1.54, 1.807) is 0 Å². The highest BCUT2D eigenvalue weighted by Gasteiger charge is 2.13. The second-order valence-corrected chi connectivity index (χ2v) is 9.99. The number of fused-ring (bicyclic) bond motifs is 1. The van der Waals surface area contributed by atoms with Crippen LogP contribution in [0.2, 0.25) is 0 Å². The Balaban J connectivity index is 1.37. The van der Waals surface area contributed by atoms with Crippen molar-refractivity contribution in [2.45, 2.75) is 27.4 Å². The van der Waals surface area contributed by atoms with E-state index >= 15 is 0 Å². The van der Waals surface area contributed by atoms with Crippen molar-refractivity contribution in [2.75, 3.05) is 5.48 Å². The Labute approximate surface area is 239 Å². The number of hydrogen-bond donors (Lipinski definition) is 2. The lowest BCUT2D eigenvalue weighted by atomic mass is 10.0. The Bertz CT molecular complexity index is 1800. The summed E-state index contributed by atoms with van der Waals surface area (Å²) in [7, 11) is 0. The summed E-state index contributed by atoms with van der Waals surface area (Å²) in [6, 6.07) is 33.3. The lowest BCUT2D eigenvalue weighted by Crippen LogP contribution is -2.03. The van der Waals surface area contributed by atoms with Gasteiger partial charge in [0.05, 0.1) is 23.0 Å². The van der Waals surface area contributed by atoms with Crippen LogP contribution in [0.4, 0.5) is 17.1 Å². The van der Waals surface area contributed by atoms with Gasteiger partial charge < -0.3 is 5.11 Å². The standard InChI is InChI=1S/C35H30N4O2/c1-23-8-13-27(14-9-23)29(21-36)19-26-11-15-31(16-12-26)37-38-34-32-7-5-4-6-28(32)20-30(35(34)40)22-41-39-33-17-10-24(2)18-25(33)3/h4-20,39-40H,22H2,1-3H3. The van der Waals surface area contributed by atoms with Crippen molar-refractivity contribution in [3.63, 3.8) is 0 Å². The first-order valence-corrected chi connectivity index (χ1v) is 13.3. The number of aromatic hydroxyl groups is 1. The fourth-order valence-corrected chi connectivity index (χ4v) is 4.53. The van der Waals surface area contributed by atoms with Crippen molar-refractivity contribution < 1.29 is 9.94 Å². The number of azo groups is 1. The number of phenols is 1. The highest BCUT2D eigenvalue weighted by atomic mass is 16.6. The third-order valence-corrected chi connectivity index (χ3v) is 6.82. The van der Waals surface area contributed by atoms with Gasteiger partial charge in [0.25, 0.3) is 0 Å². The van der Waals surface area contributed by atoms with Crippen molar-refractivity contribution in [3.8, 4) is 11.8 Å². The Morgan fingerprint density at radius 3 is 2.34 bits per heavy atom. The zero-order valence-corrected chi connectivity index (χ0v) is 23.2. The number of aryl methyl sites for hydroxylation is 3. The minimum Gasteiger partial charge on any atom is -0.505 e. The molecule has 0 atom stereocenters. The molecule has 2 N–H and O–H groups in total. The molecule has 0 heterocycles. The second-order valence-electron chi connectivity index (χ2n) is 9.99. The third kappa shape index (κ3) is 6.50. The van der Waals surface area contributed by atoms with Gasteiger partial charge in [-0.3, -0.25) is 10.3 Å². The van der Waals surface area contributed by atoms with Crippen molar-refractivity contribution >= 4 is 39.5 Å². The van der Waals surface area contributed by atoms with Crippen molar-refractivity contribution in [1.82, 2.24) is 0 Å². The molecule has 0 amide bonds. The number of nitrogens with one attached hydrogen (secondary N) is 1. The van der Waals surface area contributed by atoms with Crippen molar-refractivity contribution in [1.29, 1.82) is 5.26 Å². The van der Waals surface area contributed by atoms with E-state index in [1.807, 2.05) is 118 Å². The van der Waals surface area contributed by atoms with Gasteiger partial charge in [-0.1, -0.05) is 83.9 Å². The van der Waals surface area contributed by atoms with E-state index in [2.05, 4.69) is 27.8 Å². The lowest BCUT2D eigenvalue weighted by molar-refractivity contribution is 0.177. The van der Waals surface area contributed by atoms with E-state index in [1.165, 1.54) is 5.56 Å². The van der Waals surface area contributed by atoms with E-state index < -0.39 is 0 Å². The maximum atomic E-state index is 11.1. The molecule has 0 unspecified atom stereocenters. The smallest absolute Gasteiger partial charge is 0.149 e. The molecule has 202 valence electrons. The van der Waals surface area contributed by atoms with E-state index in [0.717, 1.165) is 38.7 Å². The van der Waals surface area contributed by atoms with Gasteiger partial charge in [0.1, 0.15) is 18.0 Å². The van der Waals surface area contributed by atoms with E-state index in [9.17, 15) is 10.4 Å². The highest BCUT2D eigenvalue weighted by molar-refractivity contribution is 5.96. The molecule has 41 heavy (non-hydrogen) atoms. The number of anilines is 1. The number of rotatable bonds is 8. The van der Waals surface area contributed by atoms with Crippen LogP contribution in [0, 0.1) is 32.1 Å². The number of hydrogen-bond acceptors (Lipinski definition) is 6. The van der Waals surface area contributed by atoms with Crippen LogP contribution in [-0.2, 0) is 11.4 Å². The summed E-state index contributed by atoms with van der Waals surface area (Å²) in [6.07, 6.45) is 1.85. The van der Waals surface area contributed by atoms with Gasteiger partial charge in [-0.05, 0) is 73.2 Å². The molecule has 5 aromatic rings. The molecule has 0 saturated carbocycles. The molecular weight excluding hydrogens is 508 g/mol. The van der Waals surface area contributed by atoms with Crippen LogP contribution in [0.1, 0.15) is 33.4 Å². The summed E-state index contributed by atoms with van der Waals surface area (Å²) in [5.74, 6) is 0.0196. The molecule has 0 bridgehead atoms. The Kier molecular flexibility index (Phi) is 8.19. The largest absolute Gasteiger partial charge is 0.505 e. The zero-order valence-electron chi connectivity index (χ0n) is 23.2. The monoisotopic (exact) mass is 538 g/mol. The molecule has 0 aliphatic carbocycles. The van der Waals surface area contributed by atoms with Gasteiger partial charge >= 0.3 is 0 Å². The fraction of sp³-hybridized carbons (Fsp3) is 0.114. The third-order valence-electron chi connectivity index (χ3n) is 6.82. The molecule has 0 aliphatic rings. The van der Waals surface area contributed by atoms with Crippen LogP contribution in [0.15, 0.2) is 107 Å². The van der Waals surface area contributed by atoms with Crippen LogP contribution >= 0.6 is 0 Å². The number of benzene rings is 5. The first-order valence-electron chi connectivity index (χ1n) is 13.3. The fourth-order valence-electron chi connectivity index (χ4n) is 4.53. The number of allylic oxidation sites excluding steroid dienone is 1. The maximum absolute atomic E-state index is 11.1. The molecule has 0 spiro atoms. The van der Waals surface area contributed by atoms with Crippen molar-refractivity contribution in [3.05, 3.63) is 130 Å². The van der Waals surface area contributed by atoms with E-state index in [0.29, 0.717) is 22.5 Å². The van der Waals surface area contributed by atoms with Crippen LogP contribution in [0.25, 0.3) is 22.4 Å². The molecule has 0 aliphatic heterocycles. The summed E-state index contributed by atoms with van der Waals surface area (Å²) >= 11 is 0. The van der Waals surface area contributed by atoms with Crippen LogP contribution in [0.3, 0.4) is 0 Å². The van der Waals surface area contributed by atoms with Crippen LogP contribution in [0.5, 0.6) is 5.75 Å². The topological polar surface area (TPSA) is 90.0 Å². The van der Waals surface area contributed by atoms with Gasteiger partial charge in [0, 0.05) is 10.9 Å². The number of nitriles is 1. The molecule has 0 aromatic heterocycles. The normalized spacial score (nSPS) is 11.6. The SMILES string of the molecule is Cc1ccc(C(C#N)=Cc2ccc(N=Nc3c(O)c(CONc4ccc(C)cc4C)cc4ccccc34)cc2)cc1. The zero-order chi connectivity index (χ0) is 28.8. The minimum absolute atomic E-state index is 0.0196. The molecule has 0 fully saturated rings. The number of nitrogens with zero attached hydrogens (tertiary/aromatic N) is 3. The number of phenolic OH excluding ortho intramolecular Hbond substituents is 1. The molecule has 6 heteroatoms. The summed E-state index contributed by atoms with van der Waals surface area (Å²) in [6.45, 7) is 6.21. The second kappa shape index (κ2) is 12.3. The first-order chi connectivity index (χ1) is 19.9. The molecular formula is C35H30N4O2.